The molecule has 2 nitrogen and oxygen atoms in total. The van der Waals surface area contributed by atoms with E-state index in [1.807, 2.05) is 0 Å². The first kappa shape index (κ1) is 25.8. The van der Waals surface area contributed by atoms with E-state index in [0.29, 0.717) is 0 Å². The monoisotopic (exact) mass is 358 g/mol. The maximum atomic E-state index is 11.3. The predicted octanol–water partition coefficient (Wildman–Crippen LogP) is 1.30. The third-order valence-electron chi connectivity index (χ3n) is 1.33. The first-order chi connectivity index (χ1) is 8.39. The fourth-order valence-electron chi connectivity index (χ4n) is 0.247. The molecule has 0 heterocycles. The molecule has 0 saturated heterocycles. The number of hydrogen-bond donors (Lipinski definition) is 0. The second kappa shape index (κ2) is 7.91. The molecule has 15 heteroatoms. The molecule has 0 amide bonds. The van der Waals surface area contributed by atoms with E-state index in [4.69, 9.17) is 0 Å². The second-order valence-electron chi connectivity index (χ2n) is 2.89. The summed E-state index contributed by atoms with van der Waals surface area (Å²) in [4.78, 5) is 0. The Morgan fingerprint density at radius 2 is 0.667 bits per heavy atom. The maximum Gasteiger partial charge on any atom is 2.00 e. The minimum atomic E-state index is -6.05. The minimum Gasteiger partial charge on any atom is -0.813 e. The molecule has 21 heavy (non-hydrogen) atoms. The van der Waals surface area contributed by atoms with Crippen molar-refractivity contribution in [3.63, 3.8) is 0 Å². The van der Waals surface area contributed by atoms with Crippen LogP contribution in [0.25, 0.3) is 0 Å². The summed E-state index contributed by atoms with van der Waals surface area (Å²) in [6.45, 7) is 0. The van der Waals surface area contributed by atoms with Gasteiger partial charge in [0.2, 0.25) is 0 Å². The molecule has 0 spiro atoms. The second-order valence-corrected chi connectivity index (χ2v) is 2.89. The van der Waals surface area contributed by atoms with Crippen molar-refractivity contribution in [2.45, 2.75) is 36.9 Å². The molecule has 124 valence electrons. The third-order valence-corrected chi connectivity index (χ3v) is 1.33. The van der Waals surface area contributed by atoms with Gasteiger partial charge in [-0.1, -0.05) is 0 Å². The van der Waals surface area contributed by atoms with Crippen molar-refractivity contribution in [1.82, 2.24) is 0 Å². The zero-order chi connectivity index (χ0) is 17.2. The third kappa shape index (κ3) is 7.10. The summed E-state index contributed by atoms with van der Waals surface area (Å²) in [6.07, 6.45) is -21.3. The van der Waals surface area contributed by atoms with E-state index in [2.05, 4.69) is 0 Å². The minimum absolute atomic E-state index is 0. The normalized spacial score (nSPS) is 18.3. The Balaban J connectivity index is -0.000000295. The zero-order valence-electron chi connectivity index (χ0n) is 9.21. The van der Waals surface area contributed by atoms with Crippen LogP contribution in [0.4, 0.5) is 52.7 Å². The number of hydrogen-bond acceptors (Lipinski definition) is 2. The van der Waals surface area contributed by atoms with Gasteiger partial charge in [0.15, 0.2) is 11.7 Å². The smallest absolute Gasteiger partial charge is 0.813 e. The van der Waals surface area contributed by atoms with Gasteiger partial charge in [0, 0.05) is 0 Å². The first-order valence-corrected chi connectivity index (χ1v) is 3.87. The molecule has 0 aromatic heterocycles. The quantitative estimate of drug-likeness (QED) is 0.552. The average molecular weight is 358 g/mol. The Bertz CT molecular complexity index is 265. The SMILES string of the molecule is [Mg+2].[O-]C(F)(C(F)F)C(F)(F)F.[O-]C(F)(C(F)F)C(F)(F)F. The molecular weight excluding hydrogens is 356 g/mol. The number of alkyl halides is 12. The van der Waals surface area contributed by atoms with Gasteiger partial charge in [0.25, 0.3) is 12.9 Å². The fourth-order valence-corrected chi connectivity index (χ4v) is 0.247. The van der Waals surface area contributed by atoms with E-state index in [9.17, 15) is 62.9 Å². The van der Waals surface area contributed by atoms with E-state index in [0.717, 1.165) is 0 Å². The molecule has 0 aromatic carbocycles. The van der Waals surface area contributed by atoms with Crippen molar-refractivity contribution >= 4 is 23.1 Å². The molecule has 0 aromatic rings. The van der Waals surface area contributed by atoms with Gasteiger partial charge in [-0.25, -0.2) is 26.3 Å². The summed E-state index contributed by atoms with van der Waals surface area (Å²) < 4.78 is 132. The van der Waals surface area contributed by atoms with Gasteiger partial charge in [-0.05, 0) is 0 Å². The van der Waals surface area contributed by atoms with Crippen molar-refractivity contribution in [3.05, 3.63) is 0 Å². The molecule has 0 saturated carbocycles. The van der Waals surface area contributed by atoms with E-state index in [1.54, 1.807) is 0 Å². The standard InChI is InChI=1S/2C3HF6O.Mg/c2*4-1(5)2(6,10)3(7,8)9;/h2*1H;/q2*-1;+2. The van der Waals surface area contributed by atoms with Crippen LogP contribution in [0.2, 0.25) is 0 Å². The van der Waals surface area contributed by atoms with Crippen LogP contribution in [0.5, 0.6) is 0 Å². The fraction of sp³-hybridized carbons (Fsp3) is 1.00. The first-order valence-electron chi connectivity index (χ1n) is 3.87. The van der Waals surface area contributed by atoms with Crippen LogP contribution in [0.3, 0.4) is 0 Å². The summed E-state index contributed by atoms with van der Waals surface area (Å²) in [6, 6.07) is 0. The van der Waals surface area contributed by atoms with Crippen molar-refractivity contribution in [2.75, 3.05) is 0 Å². The largest absolute Gasteiger partial charge is 2.00 e. The Hall–Kier alpha value is -0.154. The molecule has 0 aliphatic carbocycles. The average Bonchev–Trinajstić information content (AvgIpc) is 2.14. The van der Waals surface area contributed by atoms with E-state index < -0.39 is 36.9 Å². The van der Waals surface area contributed by atoms with Gasteiger partial charge in [-0.3, -0.25) is 0 Å². The van der Waals surface area contributed by atoms with Crippen molar-refractivity contribution in [3.8, 4) is 0 Å². The van der Waals surface area contributed by atoms with Crippen LogP contribution in [-0.2, 0) is 0 Å². The molecule has 0 N–H and O–H groups in total. The number of rotatable bonds is 2. The van der Waals surface area contributed by atoms with Crippen molar-refractivity contribution in [2.24, 2.45) is 0 Å². The maximum absolute atomic E-state index is 11.3. The van der Waals surface area contributed by atoms with Gasteiger partial charge in [0.1, 0.15) is 0 Å². The van der Waals surface area contributed by atoms with E-state index >= 15 is 0 Å². The van der Waals surface area contributed by atoms with Crippen LogP contribution < -0.4 is 10.2 Å². The Morgan fingerprint density at radius 1 is 0.524 bits per heavy atom. The topological polar surface area (TPSA) is 46.1 Å². The molecule has 2 unspecified atom stereocenters. The van der Waals surface area contributed by atoms with E-state index in [-0.39, 0.29) is 23.1 Å². The molecule has 0 fully saturated rings. The molecular formula is C6H2F12MgO2. The van der Waals surface area contributed by atoms with Crippen LogP contribution in [0.15, 0.2) is 0 Å². The summed E-state index contributed by atoms with van der Waals surface area (Å²) in [5.74, 6) is -11.3. The van der Waals surface area contributed by atoms with Crippen LogP contribution in [-0.4, -0.2) is 60.0 Å². The van der Waals surface area contributed by atoms with Crippen LogP contribution in [0, 0.1) is 0 Å². The molecule has 0 rings (SSSR count). The number of halogens is 12. The van der Waals surface area contributed by atoms with Gasteiger partial charge in [-0.15, -0.1) is 0 Å². The van der Waals surface area contributed by atoms with Crippen LogP contribution in [0.1, 0.15) is 0 Å². The van der Waals surface area contributed by atoms with E-state index in [1.165, 1.54) is 0 Å². The summed E-state index contributed by atoms with van der Waals surface area (Å²) in [5.41, 5.74) is 0. The van der Waals surface area contributed by atoms with Gasteiger partial charge in [0.05, 0.1) is 0 Å². The summed E-state index contributed by atoms with van der Waals surface area (Å²) in [5, 5.41) is 18.6. The molecule has 0 aliphatic rings. The van der Waals surface area contributed by atoms with Crippen molar-refractivity contribution < 1.29 is 62.9 Å². The van der Waals surface area contributed by atoms with Crippen LogP contribution >= 0.6 is 0 Å². The van der Waals surface area contributed by atoms with Gasteiger partial charge < -0.3 is 10.2 Å². The molecule has 2 atom stereocenters. The Labute approximate surface area is 123 Å². The van der Waals surface area contributed by atoms with Gasteiger partial charge >= 0.3 is 35.4 Å². The Morgan fingerprint density at radius 3 is 0.667 bits per heavy atom. The molecule has 0 bridgehead atoms. The van der Waals surface area contributed by atoms with Gasteiger partial charge in [-0.2, -0.15) is 26.3 Å². The zero-order valence-corrected chi connectivity index (χ0v) is 10.6. The predicted molar refractivity (Wildman–Crippen MR) is 37.5 cm³/mol. The summed E-state index contributed by atoms with van der Waals surface area (Å²) >= 11 is 0. The summed E-state index contributed by atoms with van der Waals surface area (Å²) in [7, 11) is 0. The molecule has 0 radical (unpaired) electrons. The Kier molecular flexibility index (Phi) is 9.71. The van der Waals surface area contributed by atoms with Crippen molar-refractivity contribution in [1.29, 1.82) is 0 Å². The molecule has 0 aliphatic heterocycles.